The van der Waals surface area contributed by atoms with E-state index < -0.39 is 0 Å². The van der Waals surface area contributed by atoms with E-state index in [0.717, 1.165) is 33.9 Å². The van der Waals surface area contributed by atoms with Crippen molar-refractivity contribution in [3.8, 4) is 0 Å². The highest BCUT2D eigenvalue weighted by Gasteiger charge is 2.48. The largest absolute Gasteiger partial charge is 0.359 e. The van der Waals surface area contributed by atoms with Gasteiger partial charge in [-0.1, -0.05) is 17.7 Å². The molecule has 3 fully saturated rings. The van der Waals surface area contributed by atoms with E-state index in [2.05, 4.69) is 10.6 Å². The van der Waals surface area contributed by atoms with Crippen LogP contribution in [0.2, 0.25) is 5.02 Å². The minimum atomic E-state index is 0.520. The highest BCUT2D eigenvalue weighted by molar-refractivity contribution is 7.80. The molecule has 0 amide bonds. The minimum absolute atomic E-state index is 0.520. The second-order valence-electron chi connectivity index (χ2n) is 7.38. The summed E-state index contributed by atoms with van der Waals surface area (Å²) in [5, 5.41) is 8.29. The summed E-state index contributed by atoms with van der Waals surface area (Å²) < 4.78 is 0. The zero-order chi connectivity index (χ0) is 15.8. The molecule has 2 bridgehead atoms. The summed E-state index contributed by atoms with van der Waals surface area (Å²) in [4.78, 5) is 1.93. The molecule has 1 aromatic carbocycles. The first kappa shape index (κ1) is 15.7. The van der Waals surface area contributed by atoms with Gasteiger partial charge in [0.1, 0.15) is 0 Å². The van der Waals surface area contributed by atoms with Crippen molar-refractivity contribution in [2.75, 3.05) is 5.32 Å². The Kier molecular flexibility index (Phi) is 4.48. The second kappa shape index (κ2) is 6.58. The maximum atomic E-state index is 6.03. The molecule has 2 heterocycles. The van der Waals surface area contributed by atoms with Crippen LogP contribution >= 0.6 is 23.8 Å². The van der Waals surface area contributed by atoms with Crippen molar-refractivity contribution in [3.05, 3.63) is 29.3 Å². The van der Waals surface area contributed by atoms with Crippen molar-refractivity contribution < 1.29 is 4.90 Å². The van der Waals surface area contributed by atoms with Crippen LogP contribution in [0.3, 0.4) is 0 Å². The number of anilines is 1. The third-order valence-electron chi connectivity index (χ3n) is 5.65. The molecule has 1 aromatic rings. The van der Waals surface area contributed by atoms with Crippen molar-refractivity contribution in [1.29, 1.82) is 0 Å². The van der Waals surface area contributed by atoms with Crippen molar-refractivity contribution in [1.82, 2.24) is 5.32 Å². The van der Waals surface area contributed by atoms with Gasteiger partial charge < -0.3 is 15.5 Å². The number of thiocarbonyl (C=S) groups is 1. The van der Waals surface area contributed by atoms with E-state index in [9.17, 15) is 0 Å². The third-order valence-corrected chi connectivity index (χ3v) is 6.11. The molecule has 1 aliphatic carbocycles. The van der Waals surface area contributed by atoms with Crippen LogP contribution in [0.4, 0.5) is 5.69 Å². The fourth-order valence-electron chi connectivity index (χ4n) is 4.69. The Bertz CT molecular complexity index is 575. The highest BCUT2D eigenvalue weighted by Crippen LogP contribution is 2.27. The van der Waals surface area contributed by atoms with Gasteiger partial charge in [-0.2, -0.15) is 0 Å². The lowest BCUT2D eigenvalue weighted by atomic mass is 9.81. The SMILES string of the molecule is S=C(Nc1cccc(Cl)c1)NC1C[C@H]2CCC[C@@H](C1)[NH+]2C1CC1. The van der Waals surface area contributed by atoms with Gasteiger partial charge in [-0.15, -0.1) is 0 Å². The number of hydrogen-bond donors (Lipinski definition) is 3. The number of benzene rings is 1. The quantitative estimate of drug-likeness (QED) is 0.732. The average Bonchev–Trinajstić information content (AvgIpc) is 3.30. The minimum Gasteiger partial charge on any atom is -0.359 e. The van der Waals surface area contributed by atoms with Crippen molar-refractivity contribution in [3.63, 3.8) is 0 Å². The number of piperidine rings is 2. The standard InChI is InChI=1S/C18H24ClN3S/c19-12-3-1-4-13(9-12)20-18(23)21-14-10-16-5-2-6-17(11-14)22(16)15-7-8-15/h1,3-4,9,14-17H,2,5-8,10-11H2,(H2,20,21,23)/p+1/t14?,16-,17+. The van der Waals surface area contributed by atoms with E-state index in [0.29, 0.717) is 6.04 Å². The third kappa shape index (κ3) is 3.65. The molecule has 0 radical (unpaired) electrons. The maximum Gasteiger partial charge on any atom is 0.171 e. The summed E-state index contributed by atoms with van der Waals surface area (Å²) in [7, 11) is 0. The first-order chi connectivity index (χ1) is 11.2. The van der Waals surface area contributed by atoms with E-state index in [4.69, 9.17) is 23.8 Å². The van der Waals surface area contributed by atoms with E-state index in [1.807, 2.05) is 29.2 Å². The van der Waals surface area contributed by atoms with Crippen LogP contribution in [-0.2, 0) is 0 Å². The van der Waals surface area contributed by atoms with Crippen LogP contribution in [0.15, 0.2) is 24.3 Å². The summed E-state index contributed by atoms with van der Waals surface area (Å²) in [5.74, 6) is 0. The predicted octanol–water partition coefficient (Wildman–Crippen LogP) is 2.76. The molecular weight excluding hydrogens is 326 g/mol. The number of fused-ring (bicyclic) bond motifs is 2. The van der Waals surface area contributed by atoms with Gasteiger partial charge in [-0.05, 0) is 49.7 Å². The number of halogens is 1. The molecule has 3 aliphatic rings. The summed E-state index contributed by atoms with van der Waals surface area (Å²) in [6.45, 7) is 0. The molecular formula is C18H25ClN3S+. The molecule has 1 saturated carbocycles. The Labute approximate surface area is 148 Å². The Morgan fingerprint density at radius 3 is 2.48 bits per heavy atom. The zero-order valence-corrected chi connectivity index (χ0v) is 14.9. The maximum absolute atomic E-state index is 6.03. The summed E-state index contributed by atoms with van der Waals surface area (Å²) in [5.41, 5.74) is 0.955. The first-order valence-corrected chi connectivity index (χ1v) is 9.67. The van der Waals surface area contributed by atoms with Crippen molar-refractivity contribution in [2.24, 2.45) is 0 Å². The molecule has 2 saturated heterocycles. The van der Waals surface area contributed by atoms with E-state index in [-0.39, 0.29) is 0 Å². The first-order valence-electron chi connectivity index (χ1n) is 8.89. The average molecular weight is 351 g/mol. The van der Waals surface area contributed by atoms with Crippen LogP contribution in [0.5, 0.6) is 0 Å². The normalized spacial score (nSPS) is 33.1. The zero-order valence-electron chi connectivity index (χ0n) is 13.4. The molecule has 2 aliphatic heterocycles. The van der Waals surface area contributed by atoms with Gasteiger partial charge >= 0.3 is 0 Å². The molecule has 0 spiro atoms. The molecule has 0 aromatic heterocycles. The molecule has 3 nitrogen and oxygen atoms in total. The molecule has 5 heteroatoms. The lowest BCUT2D eigenvalue weighted by molar-refractivity contribution is -0.971. The molecule has 4 atom stereocenters. The Balaban J connectivity index is 1.35. The summed E-state index contributed by atoms with van der Waals surface area (Å²) in [6, 6.07) is 10.9. The number of hydrogen-bond acceptors (Lipinski definition) is 1. The van der Waals surface area contributed by atoms with Crippen LogP contribution in [0.25, 0.3) is 0 Å². The topological polar surface area (TPSA) is 28.5 Å². The molecule has 124 valence electrons. The summed E-state index contributed by atoms with van der Waals surface area (Å²) in [6.07, 6.45) is 9.65. The van der Waals surface area contributed by atoms with Gasteiger partial charge in [0, 0.05) is 42.4 Å². The lowest BCUT2D eigenvalue weighted by Crippen LogP contribution is -3.22. The molecule has 2 unspecified atom stereocenters. The fourth-order valence-corrected chi connectivity index (χ4v) is 5.16. The van der Waals surface area contributed by atoms with Crippen LogP contribution in [-0.4, -0.2) is 29.3 Å². The Morgan fingerprint density at radius 2 is 1.83 bits per heavy atom. The van der Waals surface area contributed by atoms with E-state index in [1.165, 1.54) is 44.9 Å². The van der Waals surface area contributed by atoms with E-state index >= 15 is 0 Å². The Hall–Kier alpha value is -0.840. The molecule has 3 N–H and O–H groups in total. The van der Waals surface area contributed by atoms with Gasteiger partial charge in [-0.25, -0.2) is 0 Å². The second-order valence-corrected chi connectivity index (χ2v) is 8.22. The smallest absolute Gasteiger partial charge is 0.171 e. The van der Waals surface area contributed by atoms with Gasteiger partial charge in [0.25, 0.3) is 0 Å². The molecule has 23 heavy (non-hydrogen) atoms. The van der Waals surface area contributed by atoms with Gasteiger partial charge in [0.2, 0.25) is 0 Å². The number of rotatable bonds is 3. The van der Waals surface area contributed by atoms with Crippen molar-refractivity contribution in [2.45, 2.75) is 69.1 Å². The van der Waals surface area contributed by atoms with Gasteiger partial charge in [0.15, 0.2) is 5.11 Å². The molecule has 4 rings (SSSR count). The van der Waals surface area contributed by atoms with Crippen LogP contribution in [0, 0.1) is 0 Å². The monoisotopic (exact) mass is 350 g/mol. The van der Waals surface area contributed by atoms with Crippen LogP contribution in [0.1, 0.15) is 44.9 Å². The van der Waals surface area contributed by atoms with Crippen LogP contribution < -0.4 is 15.5 Å². The van der Waals surface area contributed by atoms with Gasteiger partial charge in [0.05, 0.1) is 18.1 Å². The lowest BCUT2D eigenvalue weighted by Gasteiger charge is -2.46. The Morgan fingerprint density at radius 1 is 1.09 bits per heavy atom. The van der Waals surface area contributed by atoms with E-state index in [1.54, 1.807) is 0 Å². The number of quaternary nitrogens is 1. The van der Waals surface area contributed by atoms with Gasteiger partial charge in [-0.3, -0.25) is 0 Å². The highest BCUT2D eigenvalue weighted by atomic mass is 35.5. The van der Waals surface area contributed by atoms with Crippen molar-refractivity contribution >= 4 is 34.6 Å². The fraction of sp³-hybridized carbons (Fsp3) is 0.611. The summed E-state index contributed by atoms with van der Waals surface area (Å²) >= 11 is 11.5. The number of nitrogens with one attached hydrogen (secondary N) is 3. The predicted molar refractivity (Wildman–Crippen MR) is 99.2 cm³/mol.